The Morgan fingerprint density at radius 2 is 2.44 bits per heavy atom. The summed E-state index contributed by atoms with van der Waals surface area (Å²) < 4.78 is 1.33. The summed E-state index contributed by atoms with van der Waals surface area (Å²) in [6, 6.07) is 0. The zero-order valence-electron chi connectivity index (χ0n) is 4.76. The van der Waals surface area contributed by atoms with Crippen molar-refractivity contribution in [2.24, 2.45) is 0 Å². The number of nitrogen functional groups attached to an aromatic ring is 1. The molecule has 0 atom stereocenters. The summed E-state index contributed by atoms with van der Waals surface area (Å²) >= 11 is 3.47. The Balaban J connectivity index is 2.51. The van der Waals surface area contributed by atoms with E-state index in [1.807, 2.05) is 11.8 Å². The Morgan fingerprint density at radius 3 is 3.22 bits per heavy atom. The molecule has 0 radical (unpaired) electrons. The first kappa shape index (κ1) is 5.56. The van der Waals surface area contributed by atoms with Gasteiger partial charge in [0.2, 0.25) is 0 Å². The van der Waals surface area contributed by atoms with Gasteiger partial charge in [-0.15, -0.1) is 11.8 Å². The second-order valence-electron chi connectivity index (χ2n) is 1.88. The van der Waals surface area contributed by atoms with E-state index in [1.165, 1.54) is 15.7 Å². The number of hydrogen-bond donors (Lipinski definition) is 1. The monoisotopic (exact) mass is 158 g/mol. The lowest BCUT2D eigenvalue weighted by molar-refractivity contribution is 1.08. The molecule has 0 fully saturated rings. The number of hydrogen-bond acceptors (Lipinski definition) is 4. The average Bonchev–Trinajstić information content (AvgIpc) is 2.22. The summed E-state index contributed by atoms with van der Waals surface area (Å²) in [7, 11) is 0. The van der Waals surface area contributed by atoms with Crippen LogP contribution in [0.4, 0.5) is 5.13 Å². The molecular weight excluding hydrogens is 152 g/mol. The lowest BCUT2D eigenvalue weighted by atomic mass is 10.4. The molecule has 0 saturated carbocycles. The lowest BCUT2D eigenvalue weighted by Crippen LogP contribution is -1.85. The number of thiazole rings is 1. The molecule has 1 aromatic heterocycles. The molecule has 0 unspecified atom stereocenters. The number of nitrogens with zero attached hydrogens (tertiary/aromatic N) is 1. The van der Waals surface area contributed by atoms with E-state index in [2.05, 4.69) is 4.98 Å². The maximum Gasteiger partial charge on any atom is 0.181 e. The smallest absolute Gasteiger partial charge is 0.181 e. The Kier molecular flexibility index (Phi) is 1.16. The van der Waals surface area contributed by atoms with E-state index in [0.29, 0.717) is 5.13 Å². The van der Waals surface area contributed by atoms with Crippen LogP contribution in [0.2, 0.25) is 0 Å². The normalized spacial score (nSPS) is 16.0. The number of aromatic nitrogens is 1. The Labute approximate surface area is 61.5 Å². The summed E-state index contributed by atoms with van der Waals surface area (Å²) in [5.41, 5.74) is 6.69. The number of rotatable bonds is 0. The van der Waals surface area contributed by atoms with Crippen molar-refractivity contribution < 1.29 is 0 Å². The fraction of sp³-hybridized carbons (Fsp3) is 0.400. The van der Waals surface area contributed by atoms with Crippen LogP contribution in [0.15, 0.2) is 4.21 Å². The van der Waals surface area contributed by atoms with Crippen LogP contribution >= 0.6 is 23.1 Å². The molecule has 2 N–H and O–H groups in total. The third-order valence-corrected chi connectivity index (χ3v) is 3.48. The zero-order chi connectivity index (χ0) is 6.27. The molecule has 1 aromatic rings. The minimum atomic E-state index is 0.715. The predicted octanol–water partition coefficient (Wildman–Crippen LogP) is 1.37. The molecule has 4 heteroatoms. The van der Waals surface area contributed by atoms with Gasteiger partial charge in [0, 0.05) is 12.2 Å². The summed E-state index contributed by atoms with van der Waals surface area (Å²) in [4.78, 5) is 4.17. The zero-order valence-corrected chi connectivity index (χ0v) is 6.39. The Hall–Kier alpha value is -0.220. The Bertz CT molecular complexity index is 209. The highest BCUT2D eigenvalue weighted by Crippen LogP contribution is 2.36. The van der Waals surface area contributed by atoms with Crippen molar-refractivity contribution in [1.29, 1.82) is 0 Å². The predicted molar refractivity (Wildman–Crippen MR) is 41.0 cm³/mol. The minimum Gasteiger partial charge on any atom is -0.375 e. The highest BCUT2D eigenvalue weighted by molar-refractivity contribution is 8.01. The molecule has 0 aliphatic carbocycles. The Morgan fingerprint density at radius 1 is 1.56 bits per heavy atom. The molecule has 2 heterocycles. The first-order chi connectivity index (χ1) is 4.36. The van der Waals surface area contributed by atoms with Crippen LogP contribution in [-0.2, 0) is 6.42 Å². The molecule has 0 aromatic carbocycles. The largest absolute Gasteiger partial charge is 0.375 e. The van der Waals surface area contributed by atoms with E-state index in [4.69, 9.17) is 5.73 Å². The first-order valence-electron chi connectivity index (χ1n) is 2.74. The summed E-state index contributed by atoms with van der Waals surface area (Å²) in [5.74, 6) is 1.19. The van der Waals surface area contributed by atoms with E-state index in [9.17, 15) is 0 Å². The van der Waals surface area contributed by atoms with E-state index >= 15 is 0 Å². The highest BCUT2D eigenvalue weighted by atomic mass is 32.2. The van der Waals surface area contributed by atoms with E-state index in [1.54, 1.807) is 11.3 Å². The lowest BCUT2D eigenvalue weighted by Gasteiger charge is -1.80. The van der Waals surface area contributed by atoms with Gasteiger partial charge in [0.1, 0.15) is 0 Å². The fourth-order valence-corrected chi connectivity index (χ4v) is 3.01. The van der Waals surface area contributed by atoms with Gasteiger partial charge in [-0.05, 0) is 0 Å². The van der Waals surface area contributed by atoms with Gasteiger partial charge in [-0.1, -0.05) is 11.3 Å². The van der Waals surface area contributed by atoms with Crippen molar-refractivity contribution in [1.82, 2.24) is 4.98 Å². The molecular formula is C5H6N2S2. The van der Waals surface area contributed by atoms with Crippen LogP contribution in [0, 0.1) is 0 Å². The van der Waals surface area contributed by atoms with Crippen LogP contribution in [0.3, 0.4) is 0 Å². The molecule has 0 spiro atoms. The van der Waals surface area contributed by atoms with Gasteiger partial charge in [-0.25, -0.2) is 4.98 Å². The van der Waals surface area contributed by atoms with Crippen molar-refractivity contribution in [2.45, 2.75) is 10.6 Å². The van der Waals surface area contributed by atoms with Gasteiger partial charge >= 0.3 is 0 Å². The molecule has 1 aliphatic heterocycles. The third-order valence-electron chi connectivity index (χ3n) is 1.25. The molecule has 0 amide bonds. The third kappa shape index (κ3) is 0.822. The summed E-state index contributed by atoms with van der Waals surface area (Å²) in [6.45, 7) is 0. The number of anilines is 1. The maximum atomic E-state index is 5.48. The van der Waals surface area contributed by atoms with Crippen LogP contribution in [0.5, 0.6) is 0 Å². The van der Waals surface area contributed by atoms with Gasteiger partial charge in [0.25, 0.3) is 0 Å². The van der Waals surface area contributed by atoms with Gasteiger partial charge in [0.05, 0.1) is 9.90 Å². The number of fused-ring (bicyclic) bond motifs is 1. The average molecular weight is 158 g/mol. The number of nitrogens with two attached hydrogens (primary N) is 1. The van der Waals surface area contributed by atoms with Crippen LogP contribution in [0.25, 0.3) is 0 Å². The van der Waals surface area contributed by atoms with Crippen molar-refractivity contribution in [3.8, 4) is 0 Å². The molecule has 48 valence electrons. The summed E-state index contributed by atoms with van der Waals surface area (Å²) in [6.07, 6.45) is 1.10. The molecule has 1 aliphatic rings. The topological polar surface area (TPSA) is 38.9 Å². The maximum absolute atomic E-state index is 5.48. The van der Waals surface area contributed by atoms with E-state index in [0.717, 1.165) is 6.42 Å². The van der Waals surface area contributed by atoms with Gasteiger partial charge in [-0.3, -0.25) is 0 Å². The van der Waals surface area contributed by atoms with Gasteiger partial charge < -0.3 is 5.73 Å². The van der Waals surface area contributed by atoms with E-state index in [-0.39, 0.29) is 0 Å². The number of thioether (sulfide) groups is 1. The van der Waals surface area contributed by atoms with Crippen molar-refractivity contribution in [3.63, 3.8) is 0 Å². The highest BCUT2D eigenvalue weighted by Gasteiger charge is 2.15. The molecule has 9 heavy (non-hydrogen) atoms. The molecule has 0 bridgehead atoms. The van der Waals surface area contributed by atoms with Crippen LogP contribution in [0.1, 0.15) is 5.69 Å². The standard InChI is InChI=1S/C5H6N2S2/c6-5-7-3-1-2-8-4(3)9-5/h1-2H2,(H2,6,7). The minimum absolute atomic E-state index is 0.715. The molecule has 2 nitrogen and oxygen atoms in total. The molecule has 0 saturated heterocycles. The summed E-state index contributed by atoms with van der Waals surface area (Å²) in [5, 5.41) is 0.715. The number of aryl methyl sites for hydroxylation is 1. The SMILES string of the molecule is Nc1nc2c(s1)SCC2. The quantitative estimate of drug-likeness (QED) is 0.620. The van der Waals surface area contributed by atoms with Crippen LogP contribution in [-0.4, -0.2) is 10.7 Å². The van der Waals surface area contributed by atoms with Crippen molar-refractivity contribution >= 4 is 28.2 Å². The first-order valence-corrected chi connectivity index (χ1v) is 4.54. The van der Waals surface area contributed by atoms with Gasteiger partial charge in [0.15, 0.2) is 5.13 Å². The second kappa shape index (κ2) is 1.88. The van der Waals surface area contributed by atoms with E-state index < -0.39 is 0 Å². The van der Waals surface area contributed by atoms with Crippen molar-refractivity contribution in [3.05, 3.63) is 5.69 Å². The van der Waals surface area contributed by atoms with Gasteiger partial charge in [-0.2, -0.15) is 0 Å². The second-order valence-corrected chi connectivity index (χ2v) is 4.28. The molecule has 2 rings (SSSR count). The van der Waals surface area contributed by atoms with Crippen molar-refractivity contribution in [2.75, 3.05) is 11.5 Å². The van der Waals surface area contributed by atoms with Crippen LogP contribution < -0.4 is 5.73 Å². The fourth-order valence-electron chi connectivity index (χ4n) is 0.866.